The van der Waals surface area contributed by atoms with Gasteiger partial charge in [-0.05, 0) is 0 Å². The lowest BCUT2D eigenvalue weighted by molar-refractivity contribution is -0.300. The van der Waals surface area contributed by atoms with Crippen LogP contribution in [0.4, 0.5) is 0 Å². The van der Waals surface area contributed by atoms with Crippen molar-refractivity contribution in [1.82, 2.24) is 15.0 Å². The number of benzene rings is 1. The third-order valence-electron chi connectivity index (χ3n) is 4.70. The molecule has 0 aliphatic carbocycles. The van der Waals surface area contributed by atoms with E-state index in [0.29, 0.717) is 5.69 Å². The highest BCUT2D eigenvalue weighted by molar-refractivity contribution is 5.68. The minimum Gasteiger partial charge on any atom is -0.456 e. The average molecular weight is 447 g/mol. The van der Waals surface area contributed by atoms with Crippen molar-refractivity contribution in [3.8, 4) is 11.3 Å². The molecule has 172 valence electrons. The Labute approximate surface area is 184 Å². The Hall–Kier alpha value is -3.31. The first kappa shape index (κ1) is 23.4. The van der Waals surface area contributed by atoms with Crippen LogP contribution in [0.1, 0.15) is 20.8 Å². The highest BCUT2D eigenvalue weighted by Gasteiger charge is 2.52. The lowest BCUT2D eigenvalue weighted by Crippen LogP contribution is -2.62. The summed E-state index contributed by atoms with van der Waals surface area (Å²) in [6.07, 6.45) is -3.58. The summed E-state index contributed by atoms with van der Waals surface area (Å²) in [5.41, 5.74) is 1.52. The number of aromatic nitrogens is 3. The zero-order valence-electron chi connectivity index (χ0n) is 18.2. The van der Waals surface area contributed by atoms with E-state index in [9.17, 15) is 14.4 Å². The Morgan fingerprint density at radius 3 is 2.12 bits per heavy atom. The number of carbonyl (C=O) groups is 3. The minimum atomic E-state index is -1.15. The van der Waals surface area contributed by atoms with Gasteiger partial charge in [0, 0.05) is 33.4 Å². The molecular weight excluding hydrogens is 422 g/mol. The monoisotopic (exact) mass is 447 g/mol. The van der Waals surface area contributed by atoms with Crippen LogP contribution in [0, 0.1) is 0 Å². The van der Waals surface area contributed by atoms with Crippen molar-refractivity contribution in [1.29, 1.82) is 0 Å². The van der Waals surface area contributed by atoms with E-state index < -0.39 is 48.6 Å². The van der Waals surface area contributed by atoms with Gasteiger partial charge in [-0.2, -0.15) is 0 Å². The summed E-state index contributed by atoms with van der Waals surface area (Å²) in [4.78, 5) is 35.2. The zero-order valence-corrected chi connectivity index (χ0v) is 18.2. The molecule has 0 spiro atoms. The normalized spacial score (nSPS) is 25.1. The van der Waals surface area contributed by atoms with Crippen molar-refractivity contribution in [2.75, 3.05) is 7.11 Å². The lowest BCUT2D eigenvalue weighted by atomic mass is 9.97. The predicted molar refractivity (Wildman–Crippen MR) is 108 cm³/mol. The second kappa shape index (κ2) is 10.3. The van der Waals surface area contributed by atoms with E-state index in [0.717, 1.165) is 5.56 Å². The molecule has 1 fully saturated rings. The third kappa shape index (κ3) is 5.68. The molecule has 32 heavy (non-hydrogen) atoms. The summed E-state index contributed by atoms with van der Waals surface area (Å²) in [6, 6.07) is 9.46. The van der Waals surface area contributed by atoms with E-state index >= 15 is 0 Å². The van der Waals surface area contributed by atoms with Crippen LogP contribution in [0.25, 0.3) is 11.3 Å². The summed E-state index contributed by atoms with van der Waals surface area (Å²) in [5.74, 6) is -1.91. The Balaban J connectivity index is 1.90. The summed E-state index contributed by atoms with van der Waals surface area (Å²) in [5, 5.41) is 8.28. The molecule has 0 unspecified atom stereocenters. The van der Waals surface area contributed by atoms with Crippen LogP contribution in [0.2, 0.25) is 0 Å². The first-order chi connectivity index (χ1) is 15.3. The van der Waals surface area contributed by atoms with Crippen molar-refractivity contribution < 1.29 is 38.1 Å². The molecule has 0 amide bonds. The molecule has 11 nitrogen and oxygen atoms in total. The highest BCUT2D eigenvalue weighted by Crippen LogP contribution is 2.30. The largest absolute Gasteiger partial charge is 0.456 e. The van der Waals surface area contributed by atoms with Crippen LogP contribution in [0.15, 0.2) is 36.5 Å². The van der Waals surface area contributed by atoms with E-state index in [2.05, 4.69) is 10.3 Å². The predicted octanol–water partition coefficient (Wildman–Crippen LogP) is 1.11. The van der Waals surface area contributed by atoms with Crippen LogP contribution < -0.4 is 0 Å². The van der Waals surface area contributed by atoms with E-state index in [1.165, 1.54) is 32.6 Å². The molecule has 0 bridgehead atoms. The number of ether oxygens (including phenoxy) is 5. The van der Waals surface area contributed by atoms with Gasteiger partial charge in [-0.3, -0.25) is 14.4 Å². The minimum absolute atomic E-state index is 0.0994. The molecule has 1 aromatic carbocycles. The van der Waals surface area contributed by atoms with Gasteiger partial charge in [0.2, 0.25) is 0 Å². The smallest absolute Gasteiger partial charge is 0.303 e. The summed E-state index contributed by atoms with van der Waals surface area (Å²) in [7, 11) is 1.36. The standard InChI is InChI=1S/C21H25N3O8/c1-12(25)29-18-17(11-24-10-16(22-23-24)15-8-6-5-7-9-15)32-21(28-4)20(31-14(3)27)19(18)30-13(2)26/h5-10,17-21H,11H2,1-4H3/t17-,18-,19+,20-,21+/m1/s1. The highest BCUT2D eigenvalue weighted by atomic mass is 16.7. The molecule has 5 atom stereocenters. The van der Waals surface area contributed by atoms with Gasteiger partial charge < -0.3 is 23.7 Å². The Bertz CT molecular complexity index is 948. The van der Waals surface area contributed by atoms with Gasteiger partial charge in [0.05, 0.1) is 12.7 Å². The number of hydrogen-bond acceptors (Lipinski definition) is 10. The average Bonchev–Trinajstić information content (AvgIpc) is 3.20. The molecule has 0 saturated carbocycles. The van der Waals surface area contributed by atoms with Gasteiger partial charge in [-0.25, -0.2) is 4.68 Å². The van der Waals surface area contributed by atoms with Crippen LogP contribution in [0.5, 0.6) is 0 Å². The first-order valence-electron chi connectivity index (χ1n) is 9.94. The van der Waals surface area contributed by atoms with E-state index in [-0.39, 0.29) is 6.54 Å². The van der Waals surface area contributed by atoms with Crippen molar-refractivity contribution in [2.24, 2.45) is 0 Å². The molecule has 1 saturated heterocycles. The van der Waals surface area contributed by atoms with E-state index in [1.54, 1.807) is 6.20 Å². The van der Waals surface area contributed by atoms with Crippen LogP contribution in [0.3, 0.4) is 0 Å². The second-order valence-electron chi connectivity index (χ2n) is 7.19. The molecule has 3 rings (SSSR count). The molecule has 2 heterocycles. The summed E-state index contributed by atoms with van der Waals surface area (Å²) >= 11 is 0. The summed E-state index contributed by atoms with van der Waals surface area (Å²) < 4.78 is 28.9. The number of carbonyl (C=O) groups excluding carboxylic acids is 3. The quantitative estimate of drug-likeness (QED) is 0.450. The Morgan fingerprint density at radius 1 is 0.938 bits per heavy atom. The molecular formula is C21H25N3O8. The van der Waals surface area contributed by atoms with Crippen molar-refractivity contribution in [3.05, 3.63) is 36.5 Å². The second-order valence-corrected chi connectivity index (χ2v) is 7.19. The maximum Gasteiger partial charge on any atom is 0.303 e. The first-order valence-corrected chi connectivity index (χ1v) is 9.94. The third-order valence-corrected chi connectivity index (χ3v) is 4.70. The van der Waals surface area contributed by atoms with Gasteiger partial charge >= 0.3 is 17.9 Å². The fourth-order valence-corrected chi connectivity index (χ4v) is 3.50. The number of esters is 3. The maximum absolute atomic E-state index is 11.8. The molecule has 11 heteroatoms. The van der Waals surface area contributed by atoms with Crippen LogP contribution in [-0.2, 0) is 44.6 Å². The number of rotatable bonds is 7. The Morgan fingerprint density at radius 2 is 1.53 bits per heavy atom. The number of hydrogen-bond donors (Lipinski definition) is 0. The molecule has 1 aromatic heterocycles. The SMILES string of the molecule is CO[C@H]1O[C@H](Cn2cc(-c3ccccc3)nn2)[C@@H](OC(C)=O)[C@H](OC(C)=O)[C@H]1OC(C)=O. The van der Waals surface area contributed by atoms with Gasteiger partial charge in [-0.1, -0.05) is 35.5 Å². The zero-order chi connectivity index (χ0) is 23.3. The van der Waals surface area contributed by atoms with Gasteiger partial charge in [-0.15, -0.1) is 5.10 Å². The van der Waals surface area contributed by atoms with Crippen LogP contribution in [-0.4, -0.2) is 70.7 Å². The molecule has 2 aromatic rings. The van der Waals surface area contributed by atoms with Gasteiger partial charge in [0.25, 0.3) is 0 Å². The van der Waals surface area contributed by atoms with E-state index in [4.69, 9.17) is 23.7 Å². The fraction of sp³-hybridized carbons (Fsp3) is 0.476. The molecule has 1 aliphatic rings. The van der Waals surface area contributed by atoms with Crippen molar-refractivity contribution in [2.45, 2.75) is 58.0 Å². The maximum atomic E-state index is 11.8. The molecule has 0 N–H and O–H groups in total. The van der Waals surface area contributed by atoms with E-state index in [1.807, 2.05) is 30.3 Å². The number of methoxy groups -OCH3 is 1. The Kier molecular flexibility index (Phi) is 7.54. The van der Waals surface area contributed by atoms with Crippen LogP contribution >= 0.6 is 0 Å². The van der Waals surface area contributed by atoms with Gasteiger partial charge in [0.15, 0.2) is 24.6 Å². The number of nitrogens with zero attached hydrogens (tertiary/aromatic N) is 3. The van der Waals surface area contributed by atoms with Crippen molar-refractivity contribution in [3.63, 3.8) is 0 Å². The fourth-order valence-electron chi connectivity index (χ4n) is 3.50. The van der Waals surface area contributed by atoms with Crippen molar-refractivity contribution >= 4 is 17.9 Å². The summed E-state index contributed by atoms with van der Waals surface area (Å²) in [6.45, 7) is 3.72. The molecule has 0 radical (unpaired) electrons. The topological polar surface area (TPSA) is 128 Å². The molecule has 1 aliphatic heterocycles. The lowest BCUT2D eigenvalue weighted by Gasteiger charge is -2.43. The van der Waals surface area contributed by atoms with Gasteiger partial charge in [0.1, 0.15) is 11.8 Å².